The van der Waals surface area contributed by atoms with E-state index in [1.165, 1.54) is 4.57 Å². The summed E-state index contributed by atoms with van der Waals surface area (Å²) in [7, 11) is 0. The molecule has 1 aromatic heterocycles. The van der Waals surface area contributed by atoms with Crippen molar-refractivity contribution in [2.45, 2.75) is 31.5 Å². The summed E-state index contributed by atoms with van der Waals surface area (Å²) in [5, 5.41) is 0. The van der Waals surface area contributed by atoms with Crippen LogP contribution in [0.15, 0.2) is 152 Å². The predicted molar refractivity (Wildman–Crippen MR) is 212 cm³/mol. The van der Waals surface area contributed by atoms with Crippen molar-refractivity contribution in [3.8, 4) is 22.5 Å². The molecule has 1 fully saturated rings. The van der Waals surface area contributed by atoms with Crippen LogP contribution in [0.3, 0.4) is 0 Å². The van der Waals surface area contributed by atoms with Crippen LogP contribution in [0, 0.1) is 4.77 Å². The molecule has 2 heterocycles. The third-order valence-corrected chi connectivity index (χ3v) is 9.42. The highest BCUT2D eigenvalue weighted by molar-refractivity contribution is 7.71. The Morgan fingerprint density at radius 2 is 1.05 bits per heavy atom. The molecule has 4 atom stereocenters. The molecule has 0 amide bonds. The Morgan fingerprint density at radius 3 is 1.56 bits per heavy atom. The molecule has 0 saturated carbocycles. The fraction of sp³-hybridized carbons (Fsp3) is 0.156. The summed E-state index contributed by atoms with van der Waals surface area (Å²) in [6.07, 6.45) is -5.40. The molecule has 0 radical (unpaired) electrons. The van der Waals surface area contributed by atoms with Crippen molar-refractivity contribution in [2.75, 3.05) is 13.2 Å². The second kappa shape index (κ2) is 17.8. The molecular formula is C45H36N2O9S. The Balaban J connectivity index is 1.43. The Bertz CT molecular complexity index is 2410. The topological polar surface area (TPSA) is 132 Å². The van der Waals surface area contributed by atoms with E-state index < -0.39 is 55.0 Å². The van der Waals surface area contributed by atoms with Gasteiger partial charge in [0.2, 0.25) is 4.77 Å². The molecule has 5 aromatic carbocycles. The number of esters is 4. The first-order valence-electron chi connectivity index (χ1n) is 18.2. The smallest absolute Gasteiger partial charge is 0.342 e. The molecule has 0 N–H and O–H groups in total. The Labute approximate surface area is 333 Å². The van der Waals surface area contributed by atoms with Crippen molar-refractivity contribution < 1.29 is 42.9 Å². The molecule has 12 heteroatoms. The monoisotopic (exact) mass is 780 g/mol. The summed E-state index contributed by atoms with van der Waals surface area (Å²) < 4.78 is 31.9. The van der Waals surface area contributed by atoms with Crippen molar-refractivity contribution in [1.29, 1.82) is 0 Å². The normalized spacial score (nSPS) is 17.3. The van der Waals surface area contributed by atoms with Gasteiger partial charge in [-0.3, -0.25) is 4.57 Å². The Morgan fingerprint density at radius 1 is 0.596 bits per heavy atom. The molecule has 0 unspecified atom stereocenters. The lowest BCUT2D eigenvalue weighted by molar-refractivity contribution is -0.0625. The number of nitrogens with zero attached hydrogens (tertiary/aromatic N) is 2. The summed E-state index contributed by atoms with van der Waals surface area (Å²) in [6, 6.07) is 42.9. The minimum atomic E-state index is -1.43. The fourth-order valence-electron chi connectivity index (χ4n) is 6.52. The van der Waals surface area contributed by atoms with Crippen LogP contribution in [-0.2, 0) is 23.7 Å². The zero-order valence-electron chi connectivity index (χ0n) is 30.6. The molecule has 1 aliphatic rings. The average molecular weight is 781 g/mol. The molecule has 11 nitrogen and oxygen atoms in total. The molecule has 6 aromatic rings. The van der Waals surface area contributed by atoms with Crippen LogP contribution in [0.1, 0.15) is 54.6 Å². The summed E-state index contributed by atoms with van der Waals surface area (Å²) in [6.45, 7) is 1.32. The SMILES string of the molecule is CCOC(=O)c1c(-c2ccccc2)nc(=S)n([C@@H]2O[C@H](COC(=O)c3ccccc3)[C@@H](OC(=O)c3ccccc3)[C@H]2OC(=O)c2ccccc2)c1-c1ccccc1. The standard InChI is InChI=1S/C45H36N2O9S/c1-2-52-44(51)35-36(29-18-8-3-9-19-29)46-45(57)47(37(35)30-20-10-4-11-21-30)40-39(56-43(50)33-26-16-7-17-27-33)38(55-42(49)32-24-14-6-15-25-32)34(54-40)28-53-41(48)31-22-12-5-13-23-31/h3-27,34,38-40H,2,28H2,1H3/t34-,38-,39-,40-/m1/s1. The zero-order valence-corrected chi connectivity index (χ0v) is 31.5. The highest BCUT2D eigenvalue weighted by Crippen LogP contribution is 2.41. The van der Waals surface area contributed by atoms with Crippen LogP contribution in [0.25, 0.3) is 22.5 Å². The molecule has 1 saturated heterocycles. The van der Waals surface area contributed by atoms with Gasteiger partial charge in [-0.25, -0.2) is 24.2 Å². The molecule has 57 heavy (non-hydrogen) atoms. The molecular weight excluding hydrogens is 745 g/mol. The number of aromatic nitrogens is 2. The summed E-state index contributed by atoms with van der Waals surface area (Å²) in [5.41, 5.74) is 2.39. The number of hydrogen-bond acceptors (Lipinski definition) is 11. The second-order valence-electron chi connectivity index (χ2n) is 12.8. The van der Waals surface area contributed by atoms with Crippen LogP contribution >= 0.6 is 12.2 Å². The molecule has 7 rings (SSSR count). The average Bonchev–Trinajstić information content (AvgIpc) is 3.58. The molecule has 0 spiro atoms. The maximum Gasteiger partial charge on any atom is 0.342 e. The summed E-state index contributed by atoms with van der Waals surface area (Å²) >= 11 is 6.03. The molecule has 0 aliphatic carbocycles. The van der Waals surface area contributed by atoms with Gasteiger partial charge >= 0.3 is 23.9 Å². The van der Waals surface area contributed by atoms with Crippen LogP contribution < -0.4 is 0 Å². The predicted octanol–water partition coefficient (Wildman–Crippen LogP) is 8.33. The third-order valence-electron chi connectivity index (χ3n) is 9.14. The molecule has 286 valence electrons. The van der Waals surface area contributed by atoms with Crippen LogP contribution in [0.2, 0.25) is 0 Å². The van der Waals surface area contributed by atoms with Crippen molar-refractivity contribution in [2.24, 2.45) is 0 Å². The quantitative estimate of drug-likeness (QED) is 0.0675. The van der Waals surface area contributed by atoms with Crippen LogP contribution in [0.4, 0.5) is 0 Å². The largest absolute Gasteiger partial charge is 0.462 e. The number of hydrogen-bond donors (Lipinski definition) is 0. The van der Waals surface area contributed by atoms with E-state index in [9.17, 15) is 19.2 Å². The lowest BCUT2D eigenvalue weighted by Crippen LogP contribution is -2.41. The zero-order chi connectivity index (χ0) is 39.7. The van der Waals surface area contributed by atoms with Gasteiger partial charge in [-0.05, 0) is 61.1 Å². The van der Waals surface area contributed by atoms with E-state index in [-0.39, 0.29) is 45.0 Å². The Kier molecular flexibility index (Phi) is 12.0. The number of rotatable bonds is 12. The number of carbonyl (C=O) groups is 4. The first kappa shape index (κ1) is 38.5. The van der Waals surface area contributed by atoms with E-state index >= 15 is 0 Å². The van der Waals surface area contributed by atoms with Gasteiger partial charge in [0.1, 0.15) is 18.3 Å². The van der Waals surface area contributed by atoms with Crippen molar-refractivity contribution in [3.63, 3.8) is 0 Å². The van der Waals surface area contributed by atoms with Crippen molar-refractivity contribution >= 4 is 36.1 Å². The molecule has 1 aliphatic heterocycles. The van der Waals surface area contributed by atoms with Gasteiger partial charge < -0.3 is 23.7 Å². The fourth-order valence-corrected chi connectivity index (χ4v) is 6.80. The molecule has 0 bridgehead atoms. The van der Waals surface area contributed by atoms with E-state index in [0.29, 0.717) is 11.1 Å². The highest BCUT2D eigenvalue weighted by Gasteiger charge is 2.52. The van der Waals surface area contributed by atoms with Crippen molar-refractivity contribution in [3.05, 3.63) is 179 Å². The van der Waals surface area contributed by atoms with E-state index in [1.54, 1.807) is 134 Å². The summed E-state index contributed by atoms with van der Waals surface area (Å²) in [4.78, 5) is 59.9. The van der Waals surface area contributed by atoms with Crippen LogP contribution in [0.5, 0.6) is 0 Å². The van der Waals surface area contributed by atoms with Gasteiger partial charge in [-0.15, -0.1) is 0 Å². The minimum absolute atomic E-state index is 0.0541. The first-order valence-corrected chi connectivity index (χ1v) is 18.6. The van der Waals surface area contributed by atoms with E-state index in [0.717, 1.165) is 0 Å². The second-order valence-corrected chi connectivity index (χ2v) is 13.2. The van der Waals surface area contributed by atoms with Crippen LogP contribution in [-0.4, -0.2) is 65.0 Å². The number of ether oxygens (including phenoxy) is 5. The lowest BCUT2D eigenvalue weighted by atomic mass is 9.99. The van der Waals surface area contributed by atoms with Gasteiger partial charge in [0.25, 0.3) is 0 Å². The number of benzene rings is 5. The first-order chi connectivity index (χ1) is 27.8. The third kappa shape index (κ3) is 8.57. The Hall–Kier alpha value is -6.76. The minimum Gasteiger partial charge on any atom is -0.462 e. The highest BCUT2D eigenvalue weighted by atomic mass is 32.1. The van der Waals surface area contributed by atoms with Gasteiger partial charge in [-0.1, -0.05) is 115 Å². The van der Waals surface area contributed by atoms with E-state index in [1.807, 2.05) is 24.3 Å². The van der Waals surface area contributed by atoms with Gasteiger partial charge in [0, 0.05) is 5.56 Å². The van der Waals surface area contributed by atoms with Gasteiger partial charge in [-0.2, -0.15) is 0 Å². The maximum absolute atomic E-state index is 14.1. The lowest BCUT2D eigenvalue weighted by Gasteiger charge is -2.28. The summed E-state index contributed by atoms with van der Waals surface area (Å²) in [5.74, 6) is -2.86. The van der Waals surface area contributed by atoms with E-state index in [4.69, 9.17) is 40.9 Å². The number of carbonyl (C=O) groups excluding carboxylic acids is 4. The maximum atomic E-state index is 14.1. The van der Waals surface area contributed by atoms with Gasteiger partial charge in [0.05, 0.1) is 34.7 Å². The van der Waals surface area contributed by atoms with Crippen molar-refractivity contribution in [1.82, 2.24) is 9.55 Å². The van der Waals surface area contributed by atoms with E-state index in [2.05, 4.69) is 0 Å². The van der Waals surface area contributed by atoms with Gasteiger partial charge in [0.15, 0.2) is 18.4 Å².